The fraction of sp³-hybridized carbons (Fsp3) is 0.739. The molecule has 11 heteroatoms. The molecule has 5 fully saturated rings. The lowest BCUT2D eigenvalue weighted by molar-refractivity contribution is 0.00570. The van der Waals surface area contributed by atoms with Gasteiger partial charge in [0.05, 0.1) is 6.04 Å². The van der Waals surface area contributed by atoms with Gasteiger partial charge in [-0.2, -0.15) is 0 Å². The van der Waals surface area contributed by atoms with Crippen LogP contribution in [0.5, 0.6) is 0 Å². The van der Waals surface area contributed by atoms with Crippen molar-refractivity contribution >= 4 is 12.2 Å². The first kappa shape index (κ1) is 46.4. The number of hydrogen-bond acceptors (Lipinski definition) is 9. The van der Waals surface area contributed by atoms with Gasteiger partial charge in [0.25, 0.3) is 0 Å². The molecule has 5 saturated heterocycles. The van der Waals surface area contributed by atoms with E-state index in [0.717, 1.165) is 74.8 Å². The van der Waals surface area contributed by atoms with E-state index in [1.807, 2.05) is 83.2 Å². The smallest absolute Gasteiger partial charge is 0.410 e. The number of likely N-dealkylation sites (tertiary alicyclic amines) is 5. The number of fused-ring (bicyclic) bond motifs is 2. The van der Waals surface area contributed by atoms with Crippen molar-refractivity contribution in [3.05, 3.63) is 60.2 Å². The van der Waals surface area contributed by atoms with Crippen molar-refractivity contribution in [2.24, 2.45) is 11.8 Å². The van der Waals surface area contributed by atoms with Gasteiger partial charge in [-0.3, -0.25) is 14.9 Å². The average molecular weight is 792 g/mol. The van der Waals surface area contributed by atoms with Gasteiger partial charge in [-0.15, -0.1) is 0 Å². The zero-order valence-corrected chi connectivity index (χ0v) is 37.5. The molecule has 0 unspecified atom stereocenters. The molecule has 0 aliphatic carbocycles. The average Bonchev–Trinajstić information content (AvgIpc) is 3.95. The molecule has 7 heterocycles. The number of hydrogen-bond donors (Lipinski definition) is 0. The number of amides is 2. The van der Waals surface area contributed by atoms with E-state index < -0.39 is 5.60 Å². The van der Waals surface area contributed by atoms with Gasteiger partial charge >= 0.3 is 12.2 Å². The van der Waals surface area contributed by atoms with Crippen molar-refractivity contribution in [3.63, 3.8) is 0 Å². The van der Waals surface area contributed by atoms with Crippen LogP contribution in [0.4, 0.5) is 9.59 Å². The third-order valence-electron chi connectivity index (χ3n) is 11.4. The highest BCUT2D eigenvalue weighted by molar-refractivity contribution is 5.69. The molecule has 2 atom stereocenters. The SMILES string of the molecule is CC(C)(C)OC(=O)N1CCCC1.CC(C)(C)OC(=O)N1CCC[C@H]1c1cccnc1.CC(C)N1CC2CC(C1)CN(C(C)C)C2.CN1CCC[C@H]1c1cccnc1. The quantitative estimate of drug-likeness (QED) is 0.301. The van der Waals surface area contributed by atoms with Gasteiger partial charge in [0.2, 0.25) is 0 Å². The molecule has 0 spiro atoms. The Hall–Kier alpha value is -3.28. The van der Waals surface area contributed by atoms with Gasteiger partial charge in [0, 0.05) is 88.7 Å². The molecular formula is C46H77N7O4. The van der Waals surface area contributed by atoms with Crippen LogP contribution in [0.3, 0.4) is 0 Å². The van der Waals surface area contributed by atoms with Gasteiger partial charge in [0.15, 0.2) is 0 Å². The second-order valence-corrected chi connectivity index (χ2v) is 19.3. The Morgan fingerprint density at radius 1 is 0.649 bits per heavy atom. The maximum atomic E-state index is 12.1. The van der Waals surface area contributed by atoms with Crippen LogP contribution in [-0.4, -0.2) is 129 Å². The zero-order chi connectivity index (χ0) is 41.8. The van der Waals surface area contributed by atoms with E-state index >= 15 is 0 Å². The summed E-state index contributed by atoms with van der Waals surface area (Å²) in [6.07, 6.45) is 15.3. The molecule has 5 aliphatic rings. The minimum absolute atomic E-state index is 0.105. The fourth-order valence-corrected chi connectivity index (χ4v) is 8.56. The number of rotatable bonds is 4. The molecule has 0 aromatic carbocycles. The molecule has 2 amide bonds. The Morgan fingerprint density at radius 2 is 1.11 bits per heavy atom. The minimum atomic E-state index is -0.445. The fourth-order valence-electron chi connectivity index (χ4n) is 8.56. The van der Waals surface area contributed by atoms with E-state index in [-0.39, 0.29) is 23.8 Å². The zero-order valence-electron chi connectivity index (χ0n) is 37.5. The van der Waals surface area contributed by atoms with Gasteiger partial charge in [0.1, 0.15) is 11.2 Å². The number of carbonyl (C=O) groups excluding carboxylic acids is 2. The molecule has 320 valence electrons. The third kappa shape index (κ3) is 15.4. The molecular weight excluding hydrogens is 715 g/mol. The molecule has 2 aromatic heterocycles. The second-order valence-electron chi connectivity index (χ2n) is 19.3. The molecule has 2 aromatic rings. The number of piperidine rings is 2. The Morgan fingerprint density at radius 3 is 1.53 bits per heavy atom. The summed E-state index contributed by atoms with van der Waals surface area (Å²) < 4.78 is 10.6. The van der Waals surface area contributed by atoms with Crippen LogP contribution in [0.1, 0.15) is 137 Å². The largest absolute Gasteiger partial charge is 0.444 e. The maximum Gasteiger partial charge on any atom is 0.410 e. The monoisotopic (exact) mass is 792 g/mol. The summed E-state index contributed by atoms with van der Waals surface area (Å²) >= 11 is 0. The van der Waals surface area contributed by atoms with E-state index in [2.05, 4.69) is 65.5 Å². The van der Waals surface area contributed by atoms with E-state index in [4.69, 9.17) is 9.47 Å². The number of carbonyl (C=O) groups is 2. The lowest BCUT2D eigenvalue weighted by atomic mass is 9.83. The van der Waals surface area contributed by atoms with Gasteiger partial charge in [-0.05, 0) is 163 Å². The van der Waals surface area contributed by atoms with Gasteiger partial charge < -0.3 is 29.1 Å². The predicted molar refractivity (Wildman–Crippen MR) is 230 cm³/mol. The lowest BCUT2D eigenvalue weighted by Gasteiger charge is -2.48. The van der Waals surface area contributed by atoms with Crippen LogP contribution >= 0.6 is 0 Å². The van der Waals surface area contributed by atoms with Crippen LogP contribution in [0.15, 0.2) is 49.1 Å². The van der Waals surface area contributed by atoms with Crippen molar-refractivity contribution in [2.45, 2.75) is 150 Å². The van der Waals surface area contributed by atoms with E-state index in [1.54, 1.807) is 11.1 Å². The van der Waals surface area contributed by atoms with Crippen LogP contribution in [0, 0.1) is 11.8 Å². The molecule has 57 heavy (non-hydrogen) atoms. The van der Waals surface area contributed by atoms with Crippen molar-refractivity contribution in [3.8, 4) is 0 Å². The topological polar surface area (TPSA) is 94.6 Å². The van der Waals surface area contributed by atoms with E-state index in [9.17, 15) is 9.59 Å². The standard InChI is InChI=1S/C14H20N2O2.C13H26N2.C10H14N2.C9H17NO2/c1-14(2,3)18-13(17)16-9-5-7-12(16)11-6-4-8-15-10-11;1-10(2)14-6-12-5-13(7-14)9-15(8-12)11(3)4;1-12-7-3-5-10(12)9-4-2-6-11-8-9;1-9(2,3)12-8(11)10-6-4-5-7-10/h4,6,8,10,12H,5,7,9H2,1-3H3;10-13H,5-9H2,1-4H3;2,4,6,8,10H,3,5,7H2,1H3;4-7H2,1-3H3/t12-;;10-;/m0.0./s1. The van der Waals surface area contributed by atoms with Crippen molar-refractivity contribution in [1.82, 2.24) is 34.5 Å². The maximum absolute atomic E-state index is 12.1. The Kier molecular flexibility index (Phi) is 17.6. The summed E-state index contributed by atoms with van der Waals surface area (Å²) in [7, 11) is 2.19. The Balaban J connectivity index is 0.000000171. The van der Waals surface area contributed by atoms with Crippen LogP contribution < -0.4 is 0 Å². The van der Waals surface area contributed by atoms with Crippen molar-refractivity contribution in [1.29, 1.82) is 0 Å². The molecule has 5 aliphatic heterocycles. The Bertz CT molecular complexity index is 1440. The molecule has 11 nitrogen and oxygen atoms in total. The summed E-state index contributed by atoms with van der Waals surface area (Å²) in [5.74, 6) is 1.87. The highest BCUT2D eigenvalue weighted by atomic mass is 16.6. The first-order valence-electron chi connectivity index (χ1n) is 21.9. The number of pyridine rings is 2. The minimum Gasteiger partial charge on any atom is -0.444 e. The number of aromatic nitrogens is 2. The third-order valence-corrected chi connectivity index (χ3v) is 11.4. The molecule has 7 rings (SSSR count). The van der Waals surface area contributed by atoms with Crippen LogP contribution in [-0.2, 0) is 9.47 Å². The molecule has 0 radical (unpaired) electrons. The van der Waals surface area contributed by atoms with E-state index in [0.29, 0.717) is 6.04 Å². The predicted octanol–water partition coefficient (Wildman–Crippen LogP) is 9.08. The highest BCUT2D eigenvalue weighted by Gasteiger charge is 2.36. The lowest BCUT2D eigenvalue weighted by Crippen LogP contribution is -2.55. The van der Waals surface area contributed by atoms with E-state index in [1.165, 1.54) is 57.5 Å². The summed E-state index contributed by atoms with van der Waals surface area (Å²) in [6, 6.07) is 10.3. The molecule has 0 N–H and O–H groups in total. The molecule has 0 saturated carbocycles. The first-order valence-corrected chi connectivity index (χ1v) is 21.9. The summed E-state index contributed by atoms with van der Waals surface area (Å²) in [4.78, 5) is 43.1. The summed E-state index contributed by atoms with van der Waals surface area (Å²) in [5.41, 5.74) is 1.64. The van der Waals surface area contributed by atoms with Crippen molar-refractivity contribution < 1.29 is 19.1 Å². The van der Waals surface area contributed by atoms with Crippen LogP contribution in [0.2, 0.25) is 0 Å². The van der Waals surface area contributed by atoms with Crippen LogP contribution in [0.25, 0.3) is 0 Å². The van der Waals surface area contributed by atoms with Gasteiger partial charge in [-0.25, -0.2) is 9.59 Å². The first-order chi connectivity index (χ1) is 26.9. The summed E-state index contributed by atoms with van der Waals surface area (Å²) in [5, 5.41) is 0. The normalized spacial score (nSPS) is 24.2. The molecule has 2 bridgehead atoms. The number of ether oxygens (including phenoxy) is 2. The number of nitrogens with zero attached hydrogens (tertiary/aromatic N) is 7. The highest BCUT2D eigenvalue weighted by Crippen LogP contribution is 2.33. The second kappa shape index (κ2) is 21.6. The van der Waals surface area contributed by atoms with Crippen molar-refractivity contribution in [2.75, 3.05) is 59.4 Å². The summed E-state index contributed by atoms with van der Waals surface area (Å²) in [6.45, 7) is 29.7. The van der Waals surface area contributed by atoms with Gasteiger partial charge in [-0.1, -0.05) is 12.1 Å². The Labute approximate surface area is 345 Å².